The lowest BCUT2D eigenvalue weighted by Gasteiger charge is -2.24. The van der Waals surface area contributed by atoms with Gasteiger partial charge >= 0.3 is 12.1 Å². The summed E-state index contributed by atoms with van der Waals surface area (Å²) in [6, 6.07) is -0.395. The molecule has 0 radical (unpaired) electrons. The number of amides is 1. The van der Waals surface area contributed by atoms with E-state index < -0.39 is 23.7 Å². The Balaban J connectivity index is 2.24. The molecule has 0 bridgehead atoms. The van der Waals surface area contributed by atoms with Gasteiger partial charge in [0.1, 0.15) is 5.60 Å². The molecule has 126 valence electrons. The zero-order valence-electron chi connectivity index (χ0n) is 13.1. The van der Waals surface area contributed by atoms with Crippen molar-refractivity contribution in [2.75, 3.05) is 13.1 Å². The third-order valence-corrected chi connectivity index (χ3v) is 3.65. The summed E-state index contributed by atoms with van der Waals surface area (Å²) >= 11 is 5.81. The largest absolute Gasteiger partial charge is 0.476 e. The van der Waals surface area contributed by atoms with Crippen molar-refractivity contribution >= 4 is 29.9 Å². The second-order valence-electron chi connectivity index (χ2n) is 6.27. The van der Waals surface area contributed by atoms with Crippen molar-refractivity contribution in [1.29, 1.82) is 0 Å². The molecule has 1 aromatic rings. The van der Waals surface area contributed by atoms with Crippen LogP contribution >= 0.6 is 11.6 Å². The van der Waals surface area contributed by atoms with Crippen LogP contribution in [-0.2, 0) is 4.74 Å². The molecule has 1 N–H and O–H groups in total. The zero-order chi connectivity index (χ0) is 17.4. The van der Waals surface area contributed by atoms with Gasteiger partial charge in [-0.1, -0.05) is 11.6 Å². The number of hydrogen-bond acceptors (Lipinski definition) is 5. The van der Waals surface area contributed by atoms with Crippen LogP contribution in [0.2, 0.25) is 5.15 Å². The van der Waals surface area contributed by atoms with Crippen LogP contribution in [0, 0.1) is 0 Å². The molecule has 0 saturated carbocycles. The minimum Gasteiger partial charge on any atom is -0.476 e. The number of ether oxygens (including phenoxy) is 1. The highest BCUT2D eigenvalue weighted by atomic mass is 35.5. The quantitative estimate of drug-likeness (QED) is 0.844. The van der Waals surface area contributed by atoms with Crippen LogP contribution in [0.5, 0.6) is 0 Å². The Morgan fingerprint density at radius 1 is 1.43 bits per heavy atom. The van der Waals surface area contributed by atoms with Crippen LogP contribution in [0.25, 0.3) is 0 Å². The molecule has 1 aliphatic rings. The number of aromatic nitrogens is 2. The number of carbonyl (C=O) groups is 3. The summed E-state index contributed by atoms with van der Waals surface area (Å²) in [4.78, 5) is 39.8. The lowest BCUT2D eigenvalue weighted by Crippen LogP contribution is -2.35. The number of carbonyl (C=O) groups excluding carboxylic acids is 2. The van der Waals surface area contributed by atoms with Crippen LogP contribution in [0.15, 0.2) is 0 Å². The van der Waals surface area contributed by atoms with Crippen molar-refractivity contribution in [2.24, 2.45) is 0 Å². The highest BCUT2D eigenvalue weighted by Crippen LogP contribution is 2.29. The van der Waals surface area contributed by atoms with Gasteiger partial charge in [-0.3, -0.25) is 4.79 Å². The molecular formula is C14H18ClN3O5. The van der Waals surface area contributed by atoms with Gasteiger partial charge in [-0.25, -0.2) is 14.6 Å². The Morgan fingerprint density at radius 3 is 2.61 bits per heavy atom. The van der Waals surface area contributed by atoms with Crippen LogP contribution < -0.4 is 0 Å². The molecule has 2 heterocycles. The second-order valence-corrected chi connectivity index (χ2v) is 6.63. The Kier molecular flexibility index (Phi) is 4.65. The van der Waals surface area contributed by atoms with Gasteiger partial charge in [-0.05, 0) is 27.2 Å². The summed E-state index contributed by atoms with van der Waals surface area (Å²) in [5, 5.41) is 9.04. The Hall–Kier alpha value is -2.09. The predicted octanol–water partition coefficient (Wildman–Crippen LogP) is 2.23. The highest BCUT2D eigenvalue weighted by molar-refractivity contribution is 6.32. The van der Waals surface area contributed by atoms with Gasteiger partial charge in [0.15, 0.2) is 23.0 Å². The molecule has 1 atom stereocenters. The summed E-state index contributed by atoms with van der Waals surface area (Å²) in [7, 11) is 0. The first-order valence-electron chi connectivity index (χ1n) is 7.08. The number of carboxylic acid groups (broad SMARTS) is 1. The summed E-state index contributed by atoms with van der Waals surface area (Å²) in [6.07, 6.45) is 0.456. The van der Waals surface area contributed by atoms with Crippen molar-refractivity contribution < 1.29 is 24.2 Å². The van der Waals surface area contributed by atoms with Crippen molar-refractivity contribution in [3.8, 4) is 0 Å². The van der Waals surface area contributed by atoms with E-state index in [2.05, 4.69) is 4.98 Å². The van der Waals surface area contributed by atoms with Gasteiger partial charge in [-0.15, -0.1) is 0 Å². The molecule has 0 spiro atoms. The van der Waals surface area contributed by atoms with Gasteiger partial charge in [0, 0.05) is 13.1 Å². The molecule has 1 fully saturated rings. The lowest BCUT2D eigenvalue weighted by atomic mass is 10.2. The molecule has 1 aliphatic heterocycles. The van der Waals surface area contributed by atoms with Gasteiger partial charge < -0.3 is 19.3 Å². The van der Waals surface area contributed by atoms with Crippen LogP contribution in [0.1, 0.15) is 54.3 Å². The monoisotopic (exact) mass is 343 g/mol. The Bertz CT molecular complexity index is 650. The first-order chi connectivity index (χ1) is 10.6. The van der Waals surface area contributed by atoms with E-state index in [4.69, 9.17) is 16.3 Å². The average molecular weight is 344 g/mol. The average Bonchev–Trinajstić information content (AvgIpc) is 2.99. The first kappa shape index (κ1) is 17.3. The van der Waals surface area contributed by atoms with Crippen LogP contribution in [0.4, 0.5) is 4.79 Å². The summed E-state index contributed by atoms with van der Waals surface area (Å²) in [5.74, 6) is -1.34. The van der Waals surface area contributed by atoms with Crippen molar-refractivity contribution in [3.63, 3.8) is 0 Å². The van der Waals surface area contributed by atoms with E-state index in [-0.39, 0.29) is 23.2 Å². The fraction of sp³-hybridized carbons (Fsp3) is 0.571. The number of hydrogen-bond donors (Lipinski definition) is 1. The lowest BCUT2D eigenvalue weighted by molar-refractivity contribution is 0.0289. The number of halogens is 1. The van der Waals surface area contributed by atoms with Crippen LogP contribution in [0.3, 0.4) is 0 Å². The number of likely N-dealkylation sites (tertiary alicyclic amines) is 1. The van der Waals surface area contributed by atoms with E-state index in [1.807, 2.05) is 0 Å². The second kappa shape index (κ2) is 6.19. The molecule has 23 heavy (non-hydrogen) atoms. The standard InChI is InChI=1S/C14H18ClN3O5/c1-14(2,3)23-13(22)17-5-4-8(6-17)18-9(7-19)16-11(15)10(18)12(20)21/h7-8H,4-6H2,1-3H3,(H,20,21)/t8-/m1/s1. The maximum absolute atomic E-state index is 12.1. The van der Waals surface area contributed by atoms with E-state index in [1.54, 1.807) is 20.8 Å². The zero-order valence-corrected chi connectivity index (χ0v) is 13.8. The smallest absolute Gasteiger partial charge is 0.410 e. The number of imidazole rings is 1. The SMILES string of the molecule is CC(C)(C)OC(=O)N1CC[C@@H](n2c(C=O)nc(Cl)c2C(=O)O)C1. The molecule has 8 nitrogen and oxygen atoms in total. The van der Waals surface area contributed by atoms with Gasteiger partial charge in [0.05, 0.1) is 6.04 Å². The summed E-state index contributed by atoms with van der Waals surface area (Å²) < 4.78 is 6.58. The maximum Gasteiger partial charge on any atom is 0.410 e. The van der Waals surface area contributed by atoms with Gasteiger partial charge in [-0.2, -0.15) is 0 Å². The molecule has 2 rings (SSSR count). The molecule has 1 aromatic heterocycles. The van der Waals surface area contributed by atoms with Crippen LogP contribution in [-0.4, -0.2) is 56.6 Å². The number of aldehydes is 1. The van der Waals surface area contributed by atoms with Crippen molar-refractivity contribution in [1.82, 2.24) is 14.5 Å². The normalized spacial score (nSPS) is 18.1. The Labute approximate surface area is 138 Å². The predicted molar refractivity (Wildman–Crippen MR) is 81.0 cm³/mol. The fourth-order valence-electron chi connectivity index (χ4n) is 2.51. The van der Waals surface area contributed by atoms with Crippen molar-refractivity contribution in [2.45, 2.75) is 38.8 Å². The maximum atomic E-state index is 12.1. The molecule has 1 amide bonds. The summed E-state index contributed by atoms with van der Waals surface area (Å²) in [5.41, 5.74) is -0.863. The van der Waals surface area contributed by atoms with E-state index in [9.17, 15) is 19.5 Å². The molecule has 9 heteroatoms. The molecule has 0 aromatic carbocycles. The summed E-state index contributed by atoms with van der Waals surface area (Å²) in [6.45, 7) is 5.92. The fourth-order valence-corrected chi connectivity index (χ4v) is 2.77. The minimum atomic E-state index is -1.27. The molecule has 1 saturated heterocycles. The topological polar surface area (TPSA) is 102 Å². The third-order valence-electron chi connectivity index (χ3n) is 3.38. The number of rotatable bonds is 3. The Morgan fingerprint density at radius 2 is 2.09 bits per heavy atom. The van der Waals surface area contributed by atoms with E-state index in [1.165, 1.54) is 9.47 Å². The number of aromatic carboxylic acids is 1. The minimum absolute atomic E-state index is 0.0663. The highest BCUT2D eigenvalue weighted by Gasteiger charge is 2.34. The molecule has 0 aliphatic carbocycles. The number of carboxylic acids is 1. The van der Waals surface area contributed by atoms with E-state index >= 15 is 0 Å². The molecular weight excluding hydrogens is 326 g/mol. The molecule has 0 unspecified atom stereocenters. The van der Waals surface area contributed by atoms with Gasteiger partial charge in [0.25, 0.3) is 0 Å². The van der Waals surface area contributed by atoms with Gasteiger partial charge in [0.2, 0.25) is 0 Å². The number of nitrogens with zero attached hydrogens (tertiary/aromatic N) is 3. The third kappa shape index (κ3) is 3.64. The van der Waals surface area contributed by atoms with E-state index in [0.717, 1.165) is 0 Å². The first-order valence-corrected chi connectivity index (χ1v) is 7.46. The van der Waals surface area contributed by atoms with Crippen molar-refractivity contribution in [3.05, 3.63) is 16.7 Å². The van der Waals surface area contributed by atoms with E-state index in [0.29, 0.717) is 19.3 Å².